The maximum atomic E-state index is 5.84. The van der Waals surface area contributed by atoms with Crippen LogP contribution in [0.5, 0.6) is 5.75 Å². The van der Waals surface area contributed by atoms with Crippen LogP contribution in [0.1, 0.15) is 52.0 Å². The highest BCUT2D eigenvalue weighted by molar-refractivity contribution is 5.25. The summed E-state index contributed by atoms with van der Waals surface area (Å²) in [5.74, 6) is 1.40. The van der Waals surface area contributed by atoms with Crippen LogP contribution < -0.4 is 4.74 Å². The van der Waals surface area contributed by atoms with Crippen LogP contribution in [0.4, 0.5) is 0 Å². The lowest BCUT2D eigenvalue weighted by molar-refractivity contribution is 0.192. The molecular formula is C13H21NO. The van der Waals surface area contributed by atoms with Crippen molar-refractivity contribution in [2.24, 2.45) is 0 Å². The minimum absolute atomic E-state index is 0.314. The molecule has 2 heteroatoms. The Morgan fingerprint density at radius 2 is 1.87 bits per heavy atom. The van der Waals surface area contributed by atoms with Crippen LogP contribution in [0.3, 0.4) is 0 Å². The third-order valence-electron chi connectivity index (χ3n) is 2.61. The second kappa shape index (κ2) is 5.74. The first kappa shape index (κ1) is 12.0. The molecule has 0 N–H and O–H groups in total. The van der Waals surface area contributed by atoms with E-state index >= 15 is 0 Å². The first-order valence-electron chi connectivity index (χ1n) is 5.79. The fourth-order valence-corrected chi connectivity index (χ4v) is 1.46. The summed E-state index contributed by atoms with van der Waals surface area (Å²) in [6.07, 6.45) is 6.11. The predicted octanol–water partition coefficient (Wildman–Crippen LogP) is 3.77. The van der Waals surface area contributed by atoms with Gasteiger partial charge in [-0.15, -0.1) is 0 Å². The molecule has 84 valence electrons. The van der Waals surface area contributed by atoms with Crippen molar-refractivity contribution in [3.63, 3.8) is 0 Å². The molecule has 0 radical (unpaired) electrons. The van der Waals surface area contributed by atoms with E-state index in [4.69, 9.17) is 4.74 Å². The van der Waals surface area contributed by atoms with Gasteiger partial charge in [0.2, 0.25) is 0 Å². The number of hydrogen-bond donors (Lipinski definition) is 0. The zero-order valence-electron chi connectivity index (χ0n) is 10.2. The molecule has 0 aromatic carbocycles. The predicted molar refractivity (Wildman–Crippen MR) is 63.3 cm³/mol. The van der Waals surface area contributed by atoms with Gasteiger partial charge in [0, 0.05) is 6.20 Å². The molecule has 1 rings (SSSR count). The zero-order chi connectivity index (χ0) is 11.3. The highest BCUT2D eigenvalue weighted by atomic mass is 16.5. The van der Waals surface area contributed by atoms with Crippen molar-refractivity contribution in [3.05, 3.63) is 24.0 Å². The van der Waals surface area contributed by atoms with Gasteiger partial charge in [-0.25, -0.2) is 0 Å². The van der Waals surface area contributed by atoms with E-state index < -0.39 is 0 Å². The Kier molecular flexibility index (Phi) is 4.60. The van der Waals surface area contributed by atoms with Gasteiger partial charge in [-0.1, -0.05) is 27.7 Å². The molecule has 1 aromatic heterocycles. The molecule has 0 aliphatic heterocycles. The topological polar surface area (TPSA) is 22.1 Å². The van der Waals surface area contributed by atoms with Crippen LogP contribution >= 0.6 is 0 Å². The number of rotatable bonds is 5. The Balaban J connectivity index is 2.72. The minimum Gasteiger partial charge on any atom is -0.489 e. The van der Waals surface area contributed by atoms with E-state index in [1.54, 1.807) is 6.20 Å². The summed E-state index contributed by atoms with van der Waals surface area (Å²) in [5, 5.41) is 0. The van der Waals surface area contributed by atoms with Crippen LogP contribution in [0, 0.1) is 0 Å². The zero-order valence-corrected chi connectivity index (χ0v) is 10.2. The molecule has 0 amide bonds. The number of pyridine rings is 1. The Bertz CT molecular complexity index is 292. The smallest absolute Gasteiger partial charge is 0.138 e. The van der Waals surface area contributed by atoms with Crippen molar-refractivity contribution in [2.75, 3.05) is 0 Å². The van der Waals surface area contributed by atoms with Crippen molar-refractivity contribution >= 4 is 0 Å². The van der Waals surface area contributed by atoms with Crippen molar-refractivity contribution < 1.29 is 4.74 Å². The summed E-state index contributed by atoms with van der Waals surface area (Å²) in [7, 11) is 0. The van der Waals surface area contributed by atoms with E-state index in [1.165, 1.54) is 5.56 Å². The average molecular weight is 207 g/mol. The van der Waals surface area contributed by atoms with Gasteiger partial charge in [0.25, 0.3) is 0 Å². The maximum absolute atomic E-state index is 5.84. The standard InChI is InChI=1S/C13H21NO/c1-5-12(6-2)15-13-7-11(10(3)4)8-14-9-13/h7-10,12H,5-6H2,1-4H3. The highest BCUT2D eigenvalue weighted by Gasteiger charge is 2.07. The first-order valence-corrected chi connectivity index (χ1v) is 5.79. The molecule has 0 aliphatic carbocycles. The van der Waals surface area contributed by atoms with E-state index in [2.05, 4.69) is 38.7 Å². The molecule has 1 aromatic rings. The summed E-state index contributed by atoms with van der Waals surface area (Å²) in [6.45, 7) is 8.62. The van der Waals surface area contributed by atoms with Crippen LogP contribution in [0.25, 0.3) is 0 Å². The van der Waals surface area contributed by atoms with E-state index in [0.29, 0.717) is 12.0 Å². The first-order chi connectivity index (χ1) is 7.17. The second-order valence-corrected chi connectivity index (χ2v) is 4.17. The minimum atomic E-state index is 0.314. The van der Waals surface area contributed by atoms with Crippen LogP contribution in [-0.4, -0.2) is 11.1 Å². The van der Waals surface area contributed by atoms with Crippen LogP contribution in [0.15, 0.2) is 18.5 Å². The van der Waals surface area contributed by atoms with Gasteiger partial charge < -0.3 is 4.74 Å². The number of ether oxygens (including phenoxy) is 1. The fraction of sp³-hybridized carbons (Fsp3) is 0.615. The number of hydrogen-bond acceptors (Lipinski definition) is 2. The summed E-state index contributed by atoms with van der Waals surface area (Å²) < 4.78 is 5.84. The Morgan fingerprint density at radius 3 is 2.40 bits per heavy atom. The quantitative estimate of drug-likeness (QED) is 0.733. The summed E-state index contributed by atoms with van der Waals surface area (Å²) >= 11 is 0. The lowest BCUT2D eigenvalue weighted by Gasteiger charge is -2.16. The van der Waals surface area contributed by atoms with Crippen LogP contribution in [0.2, 0.25) is 0 Å². The van der Waals surface area contributed by atoms with Crippen molar-refractivity contribution in [1.82, 2.24) is 4.98 Å². The lowest BCUT2D eigenvalue weighted by atomic mass is 10.1. The summed E-state index contributed by atoms with van der Waals surface area (Å²) in [4.78, 5) is 4.20. The van der Waals surface area contributed by atoms with E-state index in [1.807, 2.05) is 6.20 Å². The lowest BCUT2D eigenvalue weighted by Crippen LogP contribution is -2.13. The van der Waals surface area contributed by atoms with Gasteiger partial charge in [0.15, 0.2) is 0 Å². The molecule has 1 heterocycles. The highest BCUT2D eigenvalue weighted by Crippen LogP contribution is 2.20. The van der Waals surface area contributed by atoms with E-state index in [-0.39, 0.29) is 0 Å². The molecular weight excluding hydrogens is 186 g/mol. The van der Waals surface area contributed by atoms with Gasteiger partial charge in [-0.3, -0.25) is 4.98 Å². The van der Waals surface area contributed by atoms with E-state index in [9.17, 15) is 0 Å². The molecule has 0 saturated heterocycles. The van der Waals surface area contributed by atoms with E-state index in [0.717, 1.165) is 18.6 Å². The Hall–Kier alpha value is -1.05. The molecule has 0 bridgehead atoms. The molecule has 0 spiro atoms. The Labute approximate surface area is 92.7 Å². The Morgan fingerprint density at radius 1 is 1.20 bits per heavy atom. The van der Waals surface area contributed by atoms with Gasteiger partial charge >= 0.3 is 0 Å². The molecule has 0 atom stereocenters. The second-order valence-electron chi connectivity index (χ2n) is 4.17. The van der Waals surface area contributed by atoms with Gasteiger partial charge in [-0.05, 0) is 30.4 Å². The van der Waals surface area contributed by atoms with Crippen molar-refractivity contribution in [3.8, 4) is 5.75 Å². The summed E-state index contributed by atoms with van der Waals surface area (Å²) in [6, 6.07) is 2.09. The molecule has 0 unspecified atom stereocenters. The molecule has 15 heavy (non-hydrogen) atoms. The maximum Gasteiger partial charge on any atom is 0.138 e. The molecule has 2 nitrogen and oxygen atoms in total. The number of aromatic nitrogens is 1. The third-order valence-corrected chi connectivity index (χ3v) is 2.61. The largest absolute Gasteiger partial charge is 0.489 e. The van der Waals surface area contributed by atoms with Crippen LogP contribution in [-0.2, 0) is 0 Å². The number of nitrogens with zero attached hydrogens (tertiary/aromatic N) is 1. The van der Waals surface area contributed by atoms with Crippen molar-refractivity contribution in [1.29, 1.82) is 0 Å². The normalized spacial score (nSPS) is 11.1. The average Bonchev–Trinajstić information content (AvgIpc) is 2.26. The van der Waals surface area contributed by atoms with Crippen molar-refractivity contribution in [2.45, 2.75) is 52.6 Å². The molecule has 0 aliphatic rings. The molecule has 0 fully saturated rings. The van der Waals surface area contributed by atoms with Gasteiger partial charge in [-0.2, -0.15) is 0 Å². The van der Waals surface area contributed by atoms with Gasteiger partial charge in [0.1, 0.15) is 5.75 Å². The molecule has 0 saturated carbocycles. The fourth-order valence-electron chi connectivity index (χ4n) is 1.46. The third kappa shape index (κ3) is 3.54. The monoisotopic (exact) mass is 207 g/mol. The summed E-state index contributed by atoms with van der Waals surface area (Å²) in [5.41, 5.74) is 1.23. The van der Waals surface area contributed by atoms with Gasteiger partial charge in [0.05, 0.1) is 12.3 Å². The SMILES string of the molecule is CCC(CC)Oc1cncc(C(C)C)c1.